The van der Waals surface area contributed by atoms with Crippen molar-refractivity contribution in [1.82, 2.24) is 10.6 Å². The van der Waals surface area contributed by atoms with Crippen LogP contribution in [0.4, 0.5) is 5.69 Å². The van der Waals surface area contributed by atoms with Crippen LogP contribution in [0.1, 0.15) is 80.1 Å². The summed E-state index contributed by atoms with van der Waals surface area (Å²) in [6, 6.07) is 12.2. The van der Waals surface area contributed by atoms with E-state index in [1.807, 2.05) is 52.0 Å². The molecule has 12 heteroatoms. The Labute approximate surface area is 286 Å². The minimum absolute atomic E-state index is 0.0148. The lowest BCUT2D eigenvalue weighted by Crippen LogP contribution is -2.48. The number of rotatable bonds is 13. The molecule has 3 N–H and O–H groups in total. The molecule has 11 nitrogen and oxygen atoms in total. The standard InChI is InChI=1S/C36H55N3O8S/c1-24(2)21-37-36(42)31(25(3)4)20-33(40)32-23-46-22-27-11-8-12-28(17-27)34(47-15-14-45-6)13-9-10-26-16-29(35(41)38-32)19-30(18-26)39(5)48(7,43)44/h8,11-12,16-19,24-25,31-34,40H,9-10,13-15,20-23H2,1-7H3,(H,37,42)(H,38,41)/t31-,32-,33-,34?/m0/s1. The molecule has 1 heterocycles. The third kappa shape index (κ3) is 12.1. The molecule has 0 saturated heterocycles. The Balaban J connectivity index is 1.99. The predicted molar refractivity (Wildman–Crippen MR) is 187 cm³/mol. The molecule has 1 aliphatic heterocycles. The number of aliphatic hydroxyl groups excluding tert-OH is 1. The molecule has 3 rings (SSSR count). The molecule has 0 aliphatic carbocycles. The van der Waals surface area contributed by atoms with E-state index in [2.05, 4.69) is 10.6 Å². The first-order valence-electron chi connectivity index (χ1n) is 16.8. The van der Waals surface area contributed by atoms with Gasteiger partial charge in [-0.2, -0.15) is 0 Å². The number of carbonyl (C=O) groups excluding carboxylic acids is 2. The summed E-state index contributed by atoms with van der Waals surface area (Å²) in [7, 11) is -0.526. The lowest BCUT2D eigenvalue weighted by molar-refractivity contribution is -0.128. The lowest BCUT2D eigenvalue weighted by atomic mass is 9.87. The van der Waals surface area contributed by atoms with Crippen molar-refractivity contribution in [3.05, 3.63) is 64.7 Å². The van der Waals surface area contributed by atoms with E-state index in [1.165, 1.54) is 13.1 Å². The van der Waals surface area contributed by atoms with Crippen LogP contribution in [-0.4, -0.2) is 84.3 Å². The first-order valence-corrected chi connectivity index (χ1v) is 18.7. The number of ether oxygens (including phenoxy) is 3. The van der Waals surface area contributed by atoms with E-state index in [-0.39, 0.29) is 49.0 Å². The Kier molecular flexibility index (Phi) is 15.3. The minimum Gasteiger partial charge on any atom is -0.391 e. The van der Waals surface area contributed by atoms with Gasteiger partial charge in [0, 0.05) is 32.2 Å². The van der Waals surface area contributed by atoms with Crippen molar-refractivity contribution in [2.75, 3.05) is 51.1 Å². The van der Waals surface area contributed by atoms with Crippen LogP contribution >= 0.6 is 0 Å². The summed E-state index contributed by atoms with van der Waals surface area (Å²) in [6.07, 6.45) is 1.90. The summed E-state index contributed by atoms with van der Waals surface area (Å²) >= 11 is 0. The average molecular weight is 690 g/mol. The topological polar surface area (TPSA) is 144 Å². The molecule has 0 radical (unpaired) electrons. The Hall–Kier alpha value is -3.03. The Morgan fingerprint density at radius 2 is 1.88 bits per heavy atom. The maximum absolute atomic E-state index is 13.8. The van der Waals surface area contributed by atoms with Crippen LogP contribution in [0.5, 0.6) is 0 Å². The highest BCUT2D eigenvalue weighted by molar-refractivity contribution is 7.92. The normalized spacial score (nSPS) is 19.1. The molecule has 1 aliphatic rings. The number of hydrogen-bond donors (Lipinski definition) is 3. The van der Waals surface area contributed by atoms with Gasteiger partial charge in [0.25, 0.3) is 5.91 Å². The number of fused-ring (bicyclic) bond motifs is 4. The quantitative estimate of drug-likeness (QED) is 0.265. The number of nitrogens with zero attached hydrogens (tertiary/aromatic N) is 1. The van der Waals surface area contributed by atoms with Crippen LogP contribution in [0.2, 0.25) is 0 Å². The van der Waals surface area contributed by atoms with Gasteiger partial charge < -0.3 is 30.0 Å². The molecule has 48 heavy (non-hydrogen) atoms. The molecule has 1 unspecified atom stereocenters. The number of benzene rings is 2. The fourth-order valence-corrected chi connectivity index (χ4v) is 6.15. The van der Waals surface area contributed by atoms with E-state index >= 15 is 0 Å². The van der Waals surface area contributed by atoms with Crippen molar-refractivity contribution < 1.29 is 37.3 Å². The number of nitrogens with one attached hydrogen (secondary N) is 2. The molecule has 0 spiro atoms. The Morgan fingerprint density at radius 1 is 1.12 bits per heavy atom. The summed E-state index contributed by atoms with van der Waals surface area (Å²) in [4.78, 5) is 26.9. The maximum Gasteiger partial charge on any atom is 0.251 e. The summed E-state index contributed by atoms with van der Waals surface area (Å²) in [6.45, 7) is 9.53. The predicted octanol–water partition coefficient (Wildman–Crippen LogP) is 4.23. The van der Waals surface area contributed by atoms with Gasteiger partial charge in [-0.05, 0) is 72.4 Å². The number of amides is 2. The first kappa shape index (κ1) is 39.4. The van der Waals surface area contributed by atoms with E-state index in [0.29, 0.717) is 44.7 Å². The molecule has 2 amide bonds. The van der Waals surface area contributed by atoms with Gasteiger partial charge in [-0.25, -0.2) is 8.42 Å². The highest BCUT2D eigenvalue weighted by Crippen LogP contribution is 2.28. The van der Waals surface area contributed by atoms with Gasteiger partial charge in [0.1, 0.15) is 0 Å². The van der Waals surface area contributed by atoms with Crippen molar-refractivity contribution in [2.24, 2.45) is 17.8 Å². The smallest absolute Gasteiger partial charge is 0.251 e. The molecular weight excluding hydrogens is 634 g/mol. The molecular formula is C36H55N3O8S. The van der Waals surface area contributed by atoms with Crippen LogP contribution in [0, 0.1) is 17.8 Å². The van der Waals surface area contributed by atoms with Gasteiger partial charge in [-0.3, -0.25) is 13.9 Å². The highest BCUT2D eigenvalue weighted by atomic mass is 32.2. The zero-order chi connectivity index (χ0) is 35.4. The lowest BCUT2D eigenvalue weighted by Gasteiger charge is -2.29. The SMILES string of the molecule is COCCOC1CCCc2cc(cc(N(C)S(C)(=O)=O)c2)C(=O)N[C@H]([C@@H](O)C[C@H](C(=O)NCC(C)C)C(C)C)COCc2cccc1c2. The third-order valence-corrected chi connectivity index (χ3v) is 9.84. The van der Waals surface area contributed by atoms with Crippen molar-refractivity contribution in [2.45, 2.75) is 78.2 Å². The Morgan fingerprint density at radius 3 is 2.54 bits per heavy atom. The molecule has 0 saturated carbocycles. The zero-order valence-corrected chi connectivity index (χ0v) is 30.3. The van der Waals surface area contributed by atoms with Crippen molar-refractivity contribution in [1.29, 1.82) is 0 Å². The summed E-state index contributed by atoms with van der Waals surface area (Å²) in [5.74, 6) is -0.880. The molecule has 0 fully saturated rings. The third-order valence-electron chi connectivity index (χ3n) is 8.63. The molecule has 268 valence electrons. The van der Waals surface area contributed by atoms with Gasteiger partial charge in [-0.1, -0.05) is 52.0 Å². The van der Waals surface area contributed by atoms with Crippen LogP contribution in [0.25, 0.3) is 0 Å². The number of hydrogen-bond acceptors (Lipinski definition) is 8. The molecule has 2 aromatic rings. The van der Waals surface area contributed by atoms with Gasteiger partial charge in [-0.15, -0.1) is 0 Å². The number of carbonyl (C=O) groups is 2. The Bertz CT molecular complexity index is 1450. The van der Waals surface area contributed by atoms with E-state index in [0.717, 1.165) is 27.3 Å². The minimum atomic E-state index is -3.60. The van der Waals surface area contributed by atoms with Gasteiger partial charge in [0.15, 0.2) is 0 Å². The number of anilines is 1. The highest BCUT2D eigenvalue weighted by Gasteiger charge is 2.31. The summed E-state index contributed by atoms with van der Waals surface area (Å²) < 4.78 is 43.6. The zero-order valence-electron chi connectivity index (χ0n) is 29.5. The van der Waals surface area contributed by atoms with E-state index < -0.39 is 34.0 Å². The molecule has 2 aromatic carbocycles. The number of sulfonamides is 1. The maximum atomic E-state index is 13.8. The largest absolute Gasteiger partial charge is 0.391 e. The van der Waals surface area contributed by atoms with E-state index in [1.54, 1.807) is 19.2 Å². The van der Waals surface area contributed by atoms with Crippen LogP contribution < -0.4 is 14.9 Å². The van der Waals surface area contributed by atoms with Crippen LogP contribution in [-0.2, 0) is 42.1 Å². The van der Waals surface area contributed by atoms with Crippen LogP contribution in [0.15, 0.2) is 42.5 Å². The first-order chi connectivity index (χ1) is 22.7. The average Bonchev–Trinajstić information content (AvgIpc) is 3.03. The molecule has 0 aromatic heterocycles. The van der Waals surface area contributed by atoms with E-state index in [9.17, 15) is 23.1 Å². The van der Waals surface area contributed by atoms with Crippen LogP contribution in [0.3, 0.4) is 0 Å². The van der Waals surface area contributed by atoms with Crippen molar-refractivity contribution in [3.8, 4) is 0 Å². The van der Waals surface area contributed by atoms with E-state index in [4.69, 9.17) is 14.2 Å². The fourth-order valence-electron chi connectivity index (χ4n) is 5.66. The van der Waals surface area contributed by atoms with Gasteiger partial charge in [0.05, 0.1) is 56.6 Å². The summed E-state index contributed by atoms with van der Waals surface area (Å²) in [5.41, 5.74) is 3.33. The fraction of sp³-hybridized carbons (Fsp3) is 0.611. The summed E-state index contributed by atoms with van der Waals surface area (Å²) in [5, 5.41) is 17.5. The molecule has 4 bridgehead atoms. The second kappa shape index (κ2) is 18.7. The second-order valence-electron chi connectivity index (χ2n) is 13.5. The number of methoxy groups -OCH3 is 1. The van der Waals surface area contributed by atoms with Gasteiger partial charge >= 0.3 is 0 Å². The van der Waals surface area contributed by atoms with Gasteiger partial charge in [0.2, 0.25) is 15.9 Å². The van der Waals surface area contributed by atoms with Crippen molar-refractivity contribution >= 4 is 27.5 Å². The second-order valence-corrected chi connectivity index (χ2v) is 15.5. The van der Waals surface area contributed by atoms with Crippen molar-refractivity contribution in [3.63, 3.8) is 0 Å². The molecule has 4 atom stereocenters. The number of aliphatic hydroxyl groups is 1. The monoisotopic (exact) mass is 689 g/mol. The number of aryl methyl sites for hydroxylation is 1.